The minimum absolute atomic E-state index is 0.0518. The van der Waals surface area contributed by atoms with Crippen LogP contribution < -0.4 is 5.32 Å². The summed E-state index contributed by atoms with van der Waals surface area (Å²) in [5.41, 5.74) is -0.954. The van der Waals surface area contributed by atoms with E-state index in [0.29, 0.717) is 32.3 Å². The SMILES string of the molecule is CCCCOC(=O)NC1CCC(O)(CO)CC1. The van der Waals surface area contributed by atoms with Gasteiger partial charge in [0, 0.05) is 6.04 Å². The highest BCUT2D eigenvalue weighted by Crippen LogP contribution is 2.27. The van der Waals surface area contributed by atoms with Crippen molar-refractivity contribution in [2.75, 3.05) is 13.2 Å². The van der Waals surface area contributed by atoms with Gasteiger partial charge in [-0.3, -0.25) is 0 Å². The zero-order valence-corrected chi connectivity index (χ0v) is 10.4. The fraction of sp³-hybridized carbons (Fsp3) is 0.917. The molecule has 1 aliphatic rings. The molecule has 1 aliphatic carbocycles. The van der Waals surface area contributed by atoms with E-state index in [-0.39, 0.29) is 18.7 Å². The average molecular weight is 245 g/mol. The molecule has 5 nitrogen and oxygen atoms in total. The van der Waals surface area contributed by atoms with Gasteiger partial charge in [-0.15, -0.1) is 0 Å². The van der Waals surface area contributed by atoms with Gasteiger partial charge in [-0.1, -0.05) is 13.3 Å². The molecule has 0 saturated heterocycles. The molecule has 0 heterocycles. The van der Waals surface area contributed by atoms with E-state index < -0.39 is 5.60 Å². The second kappa shape index (κ2) is 6.81. The Balaban J connectivity index is 2.19. The molecular weight excluding hydrogens is 222 g/mol. The van der Waals surface area contributed by atoms with Crippen molar-refractivity contribution >= 4 is 6.09 Å². The lowest BCUT2D eigenvalue weighted by atomic mass is 9.83. The third kappa shape index (κ3) is 4.91. The Morgan fingerprint density at radius 3 is 2.65 bits per heavy atom. The Kier molecular flexibility index (Phi) is 5.71. The molecular formula is C12H23NO4. The second-order valence-electron chi connectivity index (χ2n) is 4.79. The van der Waals surface area contributed by atoms with Crippen LogP contribution >= 0.6 is 0 Å². The number of amides is 1. The number of aliphatic hydroxyl groups is 2. The summed E-state index contributed by atoms with van der Waals surface area (Å²) in [6.45, 7) is 2.29. The Hall–Kier alpha value is -0.810. The predicted molar refractivity (Wildman–Crippen MR) is 63.7 cm³/mol. The maximum atomic E-state index is 11.4. The normalized spacial score (nSPS) is 28.8. The van der Waals surface area contributed by atoms with E-state index in [4.69, 9.17) is 9.84 Å². The third-order valence-electron chi connectivity index (χ3n) is 3.26. The molecule has 0 unspecified atom stereocenters. The maximum Gasteiger partial charge on any atom is 0.407 e. The number of ether oxygens (including phenoxy) is 1. The van der Waals surface area contributed by atoms with Gasteiger partial charge in [-0.05, 0) is 32.1 Å². The fourth-order valence-corrected chi connectivity index (χ4v) is 1.98. The standard InChI is InChI=1S/C12H23NO4/c1-2-3-8-17-11(15)13-10-4-6-12(16,9-14)7-5-10/h10,14,16H,2-9H2,1H3,(H,13,15). The molecule has 0 aliphatic heterocycles. The number of carbonyl (C=O) groups excluding carboxylic acids is 1. The summed E-state index contributed by atoms with van der Waals surface area (Å²) in [4.78, 5) is 11.4. The van der Waals surface area contributed by atoms with Crippen molar-refractivity contribution in [1.29, 1.82) is 0 Å². The number of hydrogen-bond donors (Lipinski definition) is 3. The summed E-state index contributed by atoms with van der Waals surface area (Å²) in [6, 6.07) is 0.0518. The van der Waals surface area contributed by atoms with E-state index in [1.165, 1.54) is 0 Å². The minimum Gasteiger partial charge on any atom is -0.450 e. The molecule has 1 amide bonds. The number of nitrogens with one attached hydrogen (secondary N) is 1. The predicted octanol–water partition coefficient (Wildman–Crippen LogP) is 1.18. The van der Waals surface area contributed by atoms with Gasteiger partial charge in [-0.25, -0.2) is 4.79 Å². The van der Waals surface area contributed by atoms with Crippen LogP contribution in [0.25, 0.3) is 0 Å². The first-order chi connectivity index (χ1) is 8.09. The number of carbonyl (C=O) groups is 1. The maximum absolute atomic E-state index is 11.4. The molecule has 1 rings (SSSR count). The van der Waals surface area contributed by atoms with Crippen LogP contribution in [0, 0.1) is 0 Å². The summed E-state index contributed by atoms with van der Waals surface area (Å²) >= 11 is 0. The molecule has 100 valence electrons. The van der Waals surface area contributed by atoms with Gasteiger partial charge in [0.05, 0.1) is 18.8 Å². The largest absolute Gasteiger partial charge is 0.450 e. The summed E-state index contributed by atoms with van der Waals surface area (Å²) in [5, 5.41) is 21.6. The quantitative estimate of drug-likeness (QED) is 0.635. The topological polar surface area (TPSA) is 78.8 Å². The minimum atomic E-state index is -0.954. The van der Waals surface area contributed by atoms with Crippen LogP contribution in [0.4, 0.5) is 4.79 Å². The van der Waals surface area contributed by atoms with E-state index in [0.717, 1.165) is 12.8 Å². The molecule has 0 aromatic rings. The first-order valence-corrected chi connectivity index (χ1v) is 6.36. The van der Waals surface area contributed by atoms with Gasteiger partial charge in [0.2, 0.25) is 0 Å². The van der Waals surface area contributed by atoms with Crippen LogP contribution in [-0.4, -0.2) is 41.2 Å². The zero-order chi connectivity index (χ0) is 12.7. The molecule has 3 N–H and O–H groups in total. The van der Waals surface area contributed by atoms with E-state index in [2.05, 4.69) is 5.32 Å². The van der Waals surface area contributed by atoms with Crippen LogP contribution in [0.15, 0.2) is 0 Å². The van der Waals surface area contributed by atoms with Gasteiger partial charge in [-0.2, -0.15) is 0 Å². The summed E-state index contributed by atoms with van der Waals surface area (Å²) in [7, 11) is 0. The molecule has 1 saturated carbocycles. The number of rotatable bonds is 5. The second-order valence-corrected chi connectivity index (χ2v) is 4.79. The van der Waals surface area contributed by atoms with Gasteiger partial charge in [0.15, 0.2) is 0 Å². The Morgan fingerprint density at radius 1 is 1.47 bits per heavy atom. The first kappa shape index (κ1) is 14.3. The zero-order valence-electron chi connectivity index (χ0n) is 10.4. The summed E-state index contributed by atoms with van der Waals surface area (Å²) < 4.78 is 5.00. The number of aliphatic hydroxyl groups excluding tert-OH is 1. The van der Waals surface area contributed by atoms with Gasteiger partial charge < -0.3 is 20.3 Å². The highest BCUT2D eigenvalue weighted by atomic mass is 16.5. The Labute approximate surface area is 102 Å². The summed E-state index contributed by atoms with van der Waals surface area (Å²) in [6.07, 6.45) is 3.90. The van der Waals surface area contributed by atoms with Crippen LogP contribution in [0.2, 0.25) is 0 Å². The molecule has 17 heavy (non-hydrogen) atoms. The van der Waals surface area contributed by atoms with Crippen molar-refractivity contribution in [2.24, 2.45) is 0 Å². The highest BCUT2D eigenvalue weighted by molar-refractivity contribution is 5.67. The Morgan fingerprint density at radius 2 is 2.12 bits per heavy atom. The van der Waals surface area contributed by atoms with E-state index >= 15 is 0 Å². The summed E-state index contributed by atoms with van der Waals surface area (Å²) in [5.74, 6) is 0. The average Bonchev–Trinajstić information content (AvgIpc) is 2.33. The number of unbranched alkanes of at least 4 members (excludes halogenated alkanes) is 1. The lowest BCUT2D eigenvalue weighted by molar-refractivity contribution is -0.0471. The van der Waals surface area contributed by atoms with Crippen LogP contribution in [0.3, 0.4) is 0 Å². The van der Waals surface area contributed by atoms with Crippen molar-refractivity contribution in [3.8, 4) is 0 Å². The molecule has 5 heteroatoms. The van der Waals surface area contributed by atoms with Crippen molar-refractivity contribution in [1.82, 2.24) is 5.32 Å². The van der Waals surface area contributed by atoms with E-state index in [1.54, 1.807) is 0 Å². The molecule has 0 aromatic heterocycles. The van der Waals surface area contributed by atoms with E-state index in [1.807, 2.05) is 6.92 Å². The lowest BCUT2D eigenvalue weighted by Crippen LogP contribution is -2.45. The fourth-order valence-electron chi connectivity index (χ4n) is 1.98. The molecule has 0 bridgehead atoms. The molecule has 1 fully saturated rings. The van der Waals surface area contributed by atoms with Crippen molar-refractivity contribution < 1.29 is 19.7 Å². The highest BCUT2D eigenvalue weighted by Gasteiger charge is 2.33. The van der Waals surface area contributed by atoms with Crippen LogP contribution in [0.5, 0.6) is 0 Å². The van der Waals surface area contributed by atoms with E-state index in [9.17, 15) is 9.90 Å². The molecule has 0 aromatic carbocycles. The molecule has 0 atom stereocenters. The van der Waals surface area contributed by atoms with Gasteiger partial charge >= 0.3 is 6.09 Å². The van der Waals surface area contributed by atoms with Gasteiger partial charge in [0.25, 0.3) is 0 Å². The molecule has 0 spiro atoms. The number of alkyl carbamates (subject to hydrolysis) is 1. The van der Waals surface area contributed by atoms with Crippen LogP contribution in [0.1, 0.15) is 45.4 Å². The van der Waals surface area contributed by atoms with Crippen molar-refractivity contribution in [3.63, 3.8) is 0 Å². The van der Waals surface area contributed by atoms with Crippen molar-refractivity contribution in [3.05, 3.63) is 0 Å². The monoisotopic (exact) mass is 245 g/mol. The Bertz CT molecular complexity index is 237. The van der Waals surface area contributed by atoms with Gasteiger partial charge in [0.1, 0.15) is 0 Å². The van der Waals surface area contributed by atoms with Crippen molar-refractivity contribution in [2.45, 2.75) is 57.1 Å². The number of hydrogen-bond acceptors (Lipinski definition) is 4. The lowest BCUT2D eigenvalue weighted by Gasteiger charge is -2.34. The van der Waals surface area contributed by atoms with Crippen LogP contribution in [-0.2, 0) is 4.74 Å². The third-order valence-corrected chi connectivity index (χ3v) is 3.26. The smallest absolute Gasteiger partial charge is 0.407 e. The first-order valence-electron chi connectivity index (χ1n) is 6.36. The molecule has 0 radical (unpaired) electrons.